The number of aromatic nitrogens is 7. The van der Waals surface area contributed by atoms with Crippen molar-refractivity contribution in [3.05, 3.63) is 490 Å². The number of furan rings is 3. The van der Waals surface area contributed by atoms with Crippen molar-refractivity contribution in [3.63, 3.8) is 0 Å². The van der Waals surface area contributed by atoms with Crippen LogP contribution < -0.4 is 0 Å². The molecule has 0 atom stereocenters. The molecule has 0 N–H and O–H groups in total. The molecule has 0 amide bonds. The summed E-state index contributed by atoms with van der Waals surface area (Å²) < 4.78 is 24.6. The van der Waals surface area contributed by atoms with E-state index in [4.69, 9.17) is 48.1 Å². The van der Waals surface area contributed by atoms with Crippen LogP contribution >= 0.6 is 22.7 Å². The fraction of sp³-hybridized carbons (Fsp3) is 0.0217. The largest absolute Gasteiger partial charge is 0.456 e. The lowest BCUT2D eigenvalue weighted by molar-refractivity contribution is 0.660. The maximum atomic E-state index is 6.84. The standard InChI is InChI=1S/C52H35N3S.C44H26N2O2.C42H24N2OS/c1-52(2)42-23-13-11-19-37(42)38-30-29-36(31-43(38)52)51-54-49(34-17-7-4-8-18-34)53-50(55-51)35-27-25-33(26-28-35)45-39-20-9-10-21-40(39)46(32-15-5-3-6-16-32)48-47(45)41-22-12-14-24-44(41)56-48;1-3-14-27(15-4-1)29-18-13-19-30(26-29)37-31-20-7-8-21-32(31)39(38-33-22-9-11-24-35(33)47-42(37)38)44-45-40(28-16-5-2-6-17-28)43-41(46-44)34-23-10-12-25-36(34)48-43;1-2-12-25(13-3-1)40-41(44-33-19-9-8-18-32(33)43-40)38-29-16-5-4-15-28(29)37(42-39(38)30-17-7-11-21-36(30)46-42)26-22-23-35-31(24-26)27-14-6-10-20-34(27)45-35/h3-31H,1-2H3;1-26H;1-24H. The molecule has 8 aromatic heterocycles. The molecule has 0 bridgehead atoms. The fourth-order valence-electron chi connectivity index (χ4n) is 23.0. The maximum Gasteiger partial charge on any atom is 0.180 e. The quantitative estimate of drug-likeness (QED) is 0.117. The van der Waals surface area contributed by atoms with Crippen LogP contribution in [0.3, 0.4) is 0 Å². The molecule has 0 aliphatic heterocycles. The predicted octanol–water partition coefficient (Wildman–Crippen LogP) is 38.2. The van der Waals surface area contributed by atoms with Crippen LogP contribution in [0.5, 0.6) is 0 Å². The van der Waals surface area contributed by atoms with Gasteiger partial charge < -0.3 is 13.3 Å². The SMILES string of the molecule is CC1(C)c2ccccc2-c2ccc(-c3nc(-c4ccccc4)nc(-c4ccc(-c5c6ccccc6c(-c6ccccc6)c6sc7ccccc7c56)cc4)n3)cc21.c1ccc(-c2cccc(-c3c4ccccc4c(-c4nc(-c5ccccc5)c5oc6ccccc6c5n4)c4c3oc3ccccc34)c2)cc1.c1ccc(-c2nc3ccccc3nc2-c2c3ccccc3c(-c3ccc4oc5ccccc5c4c3)c3sc4ccccc4c23)cc1. The van der Waals surface area contributed by atoms with Gasteiger partial charge in [0, 0.05) is 128 Å². The van der Waals surface area contributed by atoms with Crippen molar-refractivity contribution < 1.29 is 13.3 Å². The Morgan fingerprint density at radius 2 is 0.587 bits per heavy atom. The molecule has 10 nitrogen and oxygen atoms in total. The normalized spacial score (nSPS) is 12.3. The third-order valence-electron chi connectivity index (χ3n) is 29.9. The van der Waals surface area contributed by atoms with Gasteiger partial charge in [-0.3, -0.25) is 0 Å². The Hall–Kier alpha value is -19.1. The Bertz CT molecular complexity index is 10700. The van der Waals surface area contributed by atoms with E-state index in [1.807, 2.05) is 132 Å². The molecule has 0 fully saturated rings. The van der Waals surface area contributed by atoms with Gasteiger partial charge in [-0.2, -0.15) is 0 Å². The van der Waals surface area contributed by atoms with Crippen molar-refractivity contribution in [1.82, 2.24) is 34.9 Å². The Morgan fingerprint density at radius 1 is 0.193 bits per heavy atom. The van der Waals surface area contributed by atoms with Gasteiger partial charge in [0.05, 0.1) is 22.4 Å². The van der Waals surface area contributed by atoms with Gasteiger partial charge >= 0.3 is 0 Å². The van der Waals surface area contributed by atoms with Crippen molar-refractivity contribution in [2.45, 2.75) is 19.3 Å². The second kappa shape index (κ2) is 35.7. The number of benzene rings is 22. The molecule has 1 aliphatic rings. The molecule has 0 unspecified atom stereocenters. The molecule has 0 saturated heterocycles. The zero-order chi connectivity index (χ0) is 99.2. The second-order valence-electron chi connectivity index (χ2n) is 38.9. The highest BCUT2D eigenvalue weighted by molar-refractivity contribution is 7.27. The van der Waals surface area contributed by atoms with E-state index in [0.717, 1.165) is 166 Å². The first-order chi connectivity index (χ1) is 74.2. The average molecular weight is 1950 g/mol. The Balaban J connectivity index is 0.000000106. The van der Waals surface area contributed by atoms with E-state index < -0.39 is 0 Å². The lowest BCUT2D eigenvalue weighted by Gasteiger charge is -2.21. The van der Waals surface area contributed by atoms with Crippen molar-refractivity contribution in [2.75, 3.05) is 0 Å². The minimum Gasteiger partial charge on any atom is -0.456 e. The molecular weight excluding hydrogens is 1870 g/mol. The van der Waals surface area contributed by atoms with Gasteiger partial charge in [0.15, 0.2) is 28.9 Å². The lowest BCUT2D eigenvalue weighted by atomic mass is 9.82. The van der Waals surface area contributed by atoms with Crippen molar-refractivity contribution in [3.8, 4) is 146 Å². The molecule has 31 rings (SSSR count). The van der Waals surface area contributed by atoms with Crippen LogP contribution in [0.1, 0.15) is 25.0 Å². The highest BCUT2D eigenvalue weighted by Gasteiger charge is 2.37. The van der Waals surface area contributed by atoms with E-state index in [1.165, 1.54) is 112 Å². The van der Waals surface area contributed by atoms with E-state index in [9.17, 15) is 0 Å². The molecule has 12 heteroatoms. The van der Waals surface area contributed by atoms with Crippen LogP contribution in [0.2, 0.25) is 0 Å². The van der Waals surface area contributed by atoms with E-state index in [1.54, 1.807) is 0 Å². The summed E-state index contributed by atoms with van der Waals surface area (Å²) in [7, 11) is 0. The third-order valence-corrected chi connectivity index (χ3v) is 32.3. The first-order valence-corrected chi connectivity index (χ1v) is 52.3. The molecule has 1 aliphatic carbocycles. The van der Waals surface area contributed by atoms with Gasteiger partial charge in [0.25, 0.3) is 0 Å². The molecule has 0 radical (unpaired) electrons. The minimum atomic E-state index is -0.126. The summed E-state index contributed by atoms with van der Waals surface area (Å²) >= 11 is 3.73. The van der Waals surface area contributed by atoms with Gasteiger partial charge in [-0.25, -0.2) is 34.9 Å². The number of fused-ring (bicyclic) bond motifs is 22. The zero-order valence-corrected chi connectivity index (χ0v) is 82.9. The molecule has 8 heterocycles. The summed E-state index contributed by atoms with van der Waals surface area (Å²) in [5, 5.41) is 17.2. The van der Waals surface area contributed by atoms with Crippen LogP contribution in [0.15, 0.2) is 492 Å². The summed E-state index contributed by atoms with van der Waals surface area (Å²) in [6.07, 6.45) is 0. The number of rotatable bonds is 12. The topological polar surface area (TPSA) is 130 Å². The van der Waals surface area contributed by atoms with Gasteiger partial charge in [-0.15, -0.1) is 22.7 Å². The van der Waals surface area contributed by atoms with Gasteiger partial charge in [-0.05, 0) is 166 Å². The first-order valence-electron chi connectivity index (χ1n) is 50.6. The van der Waals surface area contributed by atoms with Crippen LogP contribution in [-0.4, -0.2) is 34.9 Å². The van der Waals surface area contributed by atoms with Crippen molar-refractivity contribution in [1.29, 1.82) is 0 Å². The molecule has 30 aromatic rings. The number of hydrogen-bond donors (Lipinski definition) is 0. The van der Waals surface area contributed by atoms with Crippen LogP contribution in [0.25, 0.3) is 296 Å². The highest BCUT2D eigenvalue weighted by atomic mass is 32.1. The monoisotopic (exact) mass is 1950 g/mol. The lowest BCUT2D eigenvalue weighted by Crippen LogP contribution is -2.15. The smallest absolute Gasteiger partial charge is 0.180 e. The summed E-state index contributed by atoms with van der Waals surface area (Å²) in [6, 6.07) is 168. The van der Waals surface area contributed by atoms with E-state index in [-0.39, 0.29) is 5.41 Å². The summed E-state index contributed by atoms with van der Waals surface area (Å²) in [5.74, 6) is 2.61. The van der Waals surface area contributed by atoms with E-state index in [2.05, 4.69) is 384 Å². The molecule has 150 heavy (non-hydrogen) atoms. The van der Waals surface area contributed by atoms with Crippen molar-refractivity contribution in [2.24, 2.45) is 0 Å². The molecule has 0 saturated carbocycles. The summed E-state index contributed by atoms with van der Waals surface area (Å²) in [4.78, 5) is 36.7. The van der Waals surface area contributed by atoms with E-state index in [0.29, 0.717) is 28.9 Å². The molecular formula is C138H85N7O3S2. The number of para-hydroxylation sites is 5. The molecule has 702 valence electrons. The third kappa shape index (κ3) is 14.5. The minimum absolute atomic E-state index is 0.126. The van der Waals surface area contributed by atoms with Crippen LogP contribution in [0.4, 0.5) is 0 Å². The Morgan fingerprint density at radius 3 is 1.21 bits per heavy atom. The number of nitrogens with zero attached hydrogens (tertiary/aromatic N) is 7. The van der Waals surface area contributed by atoms with Crippen LogP contribution in [-0.2, 0) is 5.41 Å². The fourth-order valence-corrected chi connectivity index (χ4v) is 25.6. The first kappa shape index (κ1) is 87.5. The zero-order valence-electron chi connectivity index (χ0n) is 81.3. The summed E-state index contributed by atoms with van der Waals surface area (Å²) in [6.45, 7) is 4.62. The van der Waals surface area contributed by atoms with Crippen LogP contribution in [0, 0.1) is 0 Å². The molecule has 0 spiro atoms. The van der Waals surface area contributed by atoms with E-state index >= 15 is 0 Å². The Kier molecular flexibility index (Phi) is 20.8. The van der Waals surface area contributed by atoms with Gasteiger partial charge in [0.2, 0.25) is 0 Å². The number of thiophene rings is 2. The van der Waals surface area contributed by atoms with Crippen molar-refractivity contribution >= 4 is 172 Å². The van der Waals surface area contributed by atoms with Gasteiger partial charge in [-0.1, -0.05) is 420 Å². The molecule has 22 aromatic carbocycles. The number of hydrogen-bond acceptors (Lipinski definition) is 12. The maximum absolute atomic E-state index is 6.84. The average Bonchev–Trinajstić information content (AvgIpc) is 1.51. The Labute approximate surface area is 869 Å². The summed E-state index contributed by atoms with van der Waals surface area (Å²) in [5.41, 5.74) is 33.9. The predicted molar refractivity (Wildman–Crippen MR) is 624 cm³/mol. The second-order valence-corrected chi connectivity index (χ2v) is 41.0. The highest BCUT2D eigenvalue weighted by Crippen LogP contribution is 2.57. The van der Waals surface area contributed by atoms with Gasteiger partial charge in [0.1, 0.15) is 39.1 Å².